The van der Waals surface area contributed by atoms with Crippen LogP contribution in [-0.4, -0.2) is 30.6 Å². The van der Waals surface area contributed by atoms with Crippen molar-refractivity contribution in [3.8, 4) is 0 Å². The lowest BCUT2D eigenvalue weighted by Gasteiger charge is -2.31. The molecule has 0 aliphatic carbocycles. The monoisotopic (exact) mass is 315 g/mol. The molecular weight excluding hydrogens is 297 g/mol. The molecule has 1 aromatic rings. The number of nitrogens with zero attached hydrogens (tertiary/aromatic N) is 1. The molecule has 1 aromatic carbocycles. The van der Waals surface area contributed by atoms with Crippen LogP contribution in [0.1, 0.15) is 25.3 Å². The number of carbonyl (C=O) groups excluding carboxylic acids is 1. The first kappa shape index (κ1) is 15.6. The number of benzene rings is 1. The second-order valence-corrected chi connectivity index (χ2v) is 5.91. The molecule has 0 aromatic heterocycles. The molecule has 0 bridgehead atoms. The van der Waals surface area contributed by atoms with Gasteiger partial charge in [-0.05, 0) is 50.1 Å². The van der Waals surface area contributed by atoms with Crippen LogP contribution in [0, 0.1) is 5.92 Å². The zero-order chi connectivity index (χ0) is 14.5. The SMILES string of the molecule is CCOC(=O)[C@@H]1CCCN(Cc2cc(Cl)ccc2Cl)C1. The van der Waals surface area contributed by atoms with Crippen LogP contribution < -0.4 is 0 Å². The maximum absolute atomic E-state index is 11.8. The molecule has 0 spiro atoms. The Morgan fingerprint density at radius 2 is 2.25 bits per heavy atom. The number of rotatable bonds is 4. The van der Waals surface area contributed by atoms with Gasteiger partial charge in [-0.1, -0.05) is 23.2 Å². The maximum atomic E-state index is 11.8. The summed E-state index contributed by atoms with van der Waals surface area (Å²) in [7, 11) is 0. The first-order chi connectivity index (χ1) is 9.60. The van der Waals surface area contributed by atoms with Crippen LogP contribution >= 0.6 is 23.2 Å². The van der Waals surface area contributed by atoms with Gasteiger partial charge in [0.1, 0.15) is 0 Å². The third kappa shape index (κ3) is 4.11. The number of ether oxygens (including phenoxy) is 1. The zero-order valence-electron chi connectivity index (χ0n) is 11.6. The summed E-state index contributed by atoms with van der Waals surface area (Å²) in [6, 6.07) is 5.48. The van der Waals surface area contributed by atoms with Gasteiger partial charge in [0.2, 0.25) is 0 Å². The Balaban J connectivity index is 1.99. The summed E-state index contributed by atoms with van der Waals surface area (Å²) in [5.41, 5.74) is 1.00. The predicted octanol–water partition coefficient (Wildman–Crippen LogP) is 3.77. The Hall–Kier alpha value is -0.770. The molecule has 3 nitrogen and oxygen atoms in total. The van der Waals surface area contributed by atoms with Crippen molar-refractivity contribution in [3.63, 3.8) is 0 Å². The summed E-state index contributed by atoms with van der Waals surface area (Å²) in [5, 5.41) is 1.40. The molecule has 0 radical (unpaired) electrons. The van der Waals surface area contributed by atoms with Crippen molar-refractivity contribution in [3.05, 3.63) is 33.8 Å². The van der Waals surface area contributed by atoms with E-state index < -0.39 is 0 Å². The van der Waals surface area contributed by atoms with E-state index in [1.54, 1.807) is 6.07 Å². The second-order valence-electron chi connectivity index (χ2n) is 5.06. The summed E-state index contributed by atoms with van der Waals surface area (Å²) in [5.74, 6) is -0.115. The number of likely N-dealkylation sites (tertiary alicyclic amines) is 1. The lowest BCUT2D eigenvalue weighted by Crippen LogP contribution is -2.39. The normalized spacial score (nSPS) is 19.9. The molecule has 2 rings (SSSR count). The fourth-order valence-electron chi connectivity index (χ4n) is 2.56. The van der Waals surface area contributed by atoms with Gasteiger partial charge < -0.3 is 4.74 Å². The minimum absolute atomic E-state index is 0.0262. The van der Waals surface area contributed by atoms with Gasteiger partial charge in [-0.3, -0.25) is 9.69 Å². The van der Waals surface area contributed by atoms with Crippen molar-refractivity contribution >= 4 is 29.2 Å². The molecule has 0 N–H and O–H groups in total. The summed E-state index contributed by atoms with van der Waals surface area (Å²) in [6.07, 6.45) is 1.90. The van der Waals surface area contributed by atoms with Gasteiger partial charge in [0, 0.05) is 23.1 Å². The lowest BCUT2D eigenvalue weighted by molar-refractivity contribution is -0.150. The molecule has 0 unspecified atom stereocenters. The standard InChI is InChI=1S/C15H19Cl2NO2/c1-2-20-15(19)11-4-3-7-18(9-11)10-12-8-13(16)5-6-14(12)17/h5-6,8,11H,2-4,7,9-10H2,1H3/t11-/m1/s1. The number of hydrogen-bond acceptors (Lipinski definition) is 3. The summed E-state index contributed by atoms with van der Waals surface area (Å²) in [6.45, 7) is 4.69. The summed E-state index contributed by atoms with van der Waals surface area (Å²) < 4.78 is 5.11. The Kier molecular flexibility index (Phi) is 5.70. The van der Waals surface area contributed by atoms with Gasteiger partial charge in [-0.15, -0.1) is 0 Å². The van der Waals surface area contributed by atoms with Crippen molar-refractivity contribution in [2.45, 2.75) is 26.3 Å². The van der Waals surface area contributed by atoms with E-state index in [4.69, 9.17) is 27.9 Å². The third-order valence-corrected chi connectivity index (χ3v) is 4.13. The van der Waals surface area contributed by atoms with Gasteiger partial charge in [0.15, 0.2) is 0 Å². The van der Waals surface area contributed by atoms with E-state index in [1.165, 1.54) is 0 Å². The molecule has 0 saturated carbocycles. The van der Waals surface area contributed by atoms with Crippen LogP contribution in [0.2, 0.25) is 10.0 Å². The Morgan fingerprint density at radius 1 is 1.45 bits per heavy atom. The number of piperidine rings is 1. The fraction of sp³-hybridized carbons (Fsp3) is 0.533. The number of hydrogen-bond donors (Lipinski definition) is 0. The highest BCUT2D eigenvalue weighted by Gasteiger charge is 2.27. The first-order valence-corrected chi connectivity index (χ1v) is 7.68. The average Bonchev–Trinajstić information content (AvgIpc) is 2.43. The highest BCUT2D eigenvalue weighted by atomic mass is 35.5. The lowest BCUT2D eigenvalue weighted by atomic mass is 9.97. The molecule has 1 heterocycles. The quantitative estimate of drug-likeness (QED) is 0.792. The minimum Gasteiger partial charge on any atom is -0.466 e. The highest BCUT2D eigenvalue weighted by molar-refractivity contribution is 6.33. The second kappa shape index (κ2) is 7.30. The molecular formula is C15H19Cl2NO2. The smallest absolute Gasteiger partial charge is 0.310 e. The fourth-order valence-corrected chi connectivity index (χ4v) is 2.93. The Morgan fingerprint density at radius 3 is 3.00 bits per heavy atom. The van der Waals surface area contributed by atoms with Gasteiger partial charge in [0.25, 0.3) is 0 Å². The van der Waals surface area contributed by atoms with E-state index in [2.05, 4.69) is 4.90 Å². The molecule has 0 amide bonds. The molecule has 110 valence electrons. The third-order valence-electron chi connectivity index (χ3n) is 3.53. The Bertz CT molecular complexity index is 479. The van der Waals surface area contributed by atoms with Gasteiger partial charge in [-0.25, -0.2) is 0 Å². The first-order valence-electron chi connectivity index (χ1n) is 6.93. The van der Waals surface area contributed by atoms with E-state index in [0.29, 0.717) is 16.7 Å². The van der Waals surface area contributed by atoms with E-state index >= 15 is 0 Å². The van der Waals surface area contributed by atoms with E-state index in [1.807, 2.05) is 19.1 Å². The Labute approximate surface area is 129 Å². The van der Waals surface area contributed by atoms with Crippen molar-refractivity contribution < 1.29 is 9.53 Å². The van der Waals surface area contributed by atoms with Crippen molar-refractivity contribution in [1.29, 1.82) is 0 Å². The number of carbonyl (C=O) groups is 1. The van der Waals surface area contributed by atoms with E-state index in [-0.39, 0.29) is 11.9 Å². The molecule has 5 heteroatoms. The van der Waals surface area contributed by atoms with Crippen LogP contribution in [-0.2, 0) is 16.1 Å². The average molecular weight is 316 g/mol. The van der Waals surface area contributed by atoms with Crippen molar-refractivity contribution in [2.75, 3.05) is 19.7 Å². The van der Waals surface area contributed by atoms with Crippen LogP contribution in [0.5, 0.6) is 0 Å². The number of halogens is 2. The van der Waals surface area contributed by atoms with Gasteiger partial charge in [0.05, 0.1) is 12.5 Å². The molecule has 1 aliphatic rings. The van der Waals surface area contributed by atoms with Crippen molar-refractivity contribution in [1.82, 2.24) is 4.90 Å². The van der Waals surface area contributed by atoms with Crippen LogP contribution in [0.3, 0.4) is 0 Å². The largest absolute Gasteiger partial charge is 0.466 e. The predicted molar refractivity (Wildman–Crippen MR) is 81.1 cm³/mol. The van der Waals surface area contributed by atoms with Gasteiger partial charge >= 0.3 is 5.97 Å². The molecule has 1 aliphatic heterocycles. The summed E-state index contributed by atoms with van der Waals surface area (Å²) in [4.78, 5) is 14.1. The minimum atomic E-state index is -0.0885. The molecule has 1 atom stereocenters. The number of esters is 1. The van der Waals surface area contributed by atoms with Crippen LogP contribution in [0.4, 0.5) is 0 Å². The van der Waals surface area contributed by atoms with E-state index in [9.17, 15) is 4.79 Å². The summed E-state index contributed by atoms with van der Waals surface area (Å²) >= 11 is 12.2. The van der Waals surface area contributed by atoms with Gasteiger partial charge in [-0.2, -0.15) is 0 Å². The molecule has 1 saturated heterocycles. The van der Waals surface area contributed by atoms with Crippen molar-refractivity contribution in [2.24, 2.45) is 5.92 Å². The van der Waals surface area contributed by atoms with E-state index in [0.717, 1.165) is 38.0 Å². The maximum Gasteiger partial charge on any atom is 0.310 e. The van der Waals surface area contributed by atoms with Crippen LogP contribution in [0.25, 0.3) is 0 Å². The topological polar surface area (TPSA) is 29.5 Å². The highest BCUT2D eigenvalue weighted by Crippen LogP contribution is 2.25. The molecule has 1 fully saturated rings. The zero-order valence-corrected chi connectivity index (χ0v) is 13.1. The molecule has 20 heavy (non-hydrogen) atoms. The van der Waals surface area contributed by atoms with Crippen LogP contribution in [0.15, 0.2) is 18.2 Å².